The van der Waals surface area contributed by atoms with E-state index in [-0.39, 0.29) is 0 Å². The average molecular weight is 240 g/mol. The molecule has 6 heteroatoms. The van der Waals surface area contributed by atoms with Gasteiger partial charge in [-0.1, -0.05) is 13.2 Å². The van der Waals surface area contributed by atoms with Crippen LogP contribution in [-0.4, -0.2) is 15.0 Å². The Bertz CT molecular complexity index is 382. The highest BCUT2D eigenvalue weighted by Gasteiger charge is 2.12. The van der Waals surface area contributed by atoms with Crippen LogP contribution in [0.2, 0.25) is 0 Å². The summed E-state index contributed by atoms with van der Waals surface area (Å²) in [6, 6.07) is 0. The lowest BCUT2D eigenvalue weighted by Crippen LogP contribution is -2.20. The van der Waals surface area contributed by atoms with Gasteiger partial charge in [-0.2, -0.15) is 15.0 Å². The monoisotopic (exact) mass is 240 g/mol. The Labute approximate surface area is 100.0 Å². The fourth-order valence-electron chi connectivity index (χ4n) is 1.11. The summed E-state index contributed by atoms with van der Waals surface area (Å²) < 4.78 is 0. The number of anilines is 1. The largest absolute Gasteiger partial charge is 0.288 e. The van der Waals surface area contributed by atoms with Gasteiger partial charge in [-0.05, 0) is 13.8 Å². The minimum Gasteiger partial charge on any atom is -0.288 e. The highest BCUT2D eigenvalue weighted by Crippen LogP contribution is 2.19. The molecule has 1 aromatic heterocycles. The molecule has 0 aliphatic rings. The van der Waals surface area contributed by atoms with Gasteiger partial charge in [0, 0.05) is 11.4 Å². The Balaban J connectivity index is 3.22. The average Bonchev–Trinajstić information content (AvgIpc) is 1.99. The Kier molecular flexibility index (Phi) is 3.76. The van der Waals surface area contributed by atoms with E-state index >= 15 is 0 Å². The molecule has 4 nitrogen and oxygen atoms in total. The predicted octanol–water partition coefficient (Wildman–Crippen LogP) is 2.32. The van der Waals surface area contributed by atoms with Crippen molar-refractivity contribution in [3.8, 4) is 0 Å². The maximum absolute atomic E-state index is 4.07. The second-order valence-corrected chi connectivity index (χ2v) is 3.84. The SMILES string of the molecule is C=C(C)N(C(=C)C)c1nc(S)nc(S)n1. The van der Waals surface area contributed by atoms with Gasteiger partial charge in [0.05, 0.1) is 0 Å². The van der Waals surface area contributed by atoms with Crippen LogP contribution in [0.3, 0.4) is 0 Å². The van der Waals surface area contributed by atoms with E-state index in [1.807, 2.05) is 13.8 Å². The van der Waals surface area contributed by atoms with E-state index in [4.69, 9.17) is 0 Å². The molecule has 0 bridgehead atoms. The van der Waals surface area contributed by atoms with Crippen molar-refractivity contribution in [3.63, 3.8) is 0 Å². The van der Waals surface area contributed by atoms with Gasteiger partial charge < -0.3 is 0 Å². The van der Waals surface area contributed by atoms with E-state index in [9.17, 15) is 0 Å². The molecule has 0 aromatic carbocycles. The molecule has 1 rings (SSSR count). The number of thiol groups is 2. The summed E-state index contributed by atoms with van der Waals surface area (Å²) in [6.07, 6.45) is 0. The van der Waals surface area contributed by atoms with Crippen LogP contribution in [0.25, 0.3) is 0 Å². The zero-order valence-electron chi connectivity index (χ0n) is 8.60. The van der Waals surface area contributed by atoms with Crippen LogP contribution in [0.5, 0.6) is 0 Å². The lowest BCUT2D eigenvalue weighted by molar-refractivity contribution is 0.787. The summed E-state index contributed by atoms with van der Waals surface area (Å²) in [5, 5.41) is 0.634. The highest BCUT2D eigenvalue weighted by molar-refractivity contribution is 7.80. The maximum Gasteiger partial charge on any atom is 0.239 e. The molecular formula is C9H12N4S2. The molecule has 0 aliphatic carbocycles. The first-order chi connectivity index (χ1) is 6.91. The Hall–Kier alpha value is -1.01. The molecule has 1 heterocycles. The molecular weight excluding hydrogens is 228 g/mol. The van der Waals surface area contributed by atoms with Gasteiger partial charge in [-0.3, -0.25) is 4.90 Å². The molecule has 0 unspecified atom stereocenters. The molecule has 0 spiro atoms. The Morgan fingerprint density at radius 3 is 1.73 bits per heavy atom. The van der Waals surface area contributed by atoms with E-state index in [2.05, 4.69) is 53.4 Å². The quantitative estimate of drug-likeness (QED) is 0.796. The summed E-state index contributed by atoms with van der Waals surface area (Å²) in [5.41, 5.74) is 1.54. The third kappa shape index (κ3) is 2.97. The van der Waals surface area contributed by atoms with E-state index in [1.165, 1.54) is 0 Å². The first-order valence-corrected chi connectivity index (χ1v) is 5.06. The number of allylic oxidation sites excluding steroid dienone is 2. The summed E-state index contributed by atoms with van der Waals surface area (Å²) in [7, 11) is 0. The van der Waals surface area contributed by atoms with Gasteiger partial charge >= 0.3 is 0 Å². The maximum atomic E-state index is 4.07. The van der Waals surface area contributed by atoms with Crippen molar-refractivity contribution >= 4 is 31.2 Å². The van der Waals surface area contributed by atoms with Crippen molar-refractivity contribution in [1.29, 1.82) is 0 Å². The van der Waals surface area contributed by atoms with Gasteiger partial charge in [0.25, 0.3) is 0 Å². The molecule has 0 amide bonds. The van der Waals surface area contributed by atoms with E-state index in [0.29, 0.717) is 16.3 Å². The van der Waals surface area contributed by atoms with Crippen molar-refractivity contribution in [2.75, 3.05) is 4.90 Å². The number of nitrogens with zero attached hydrogens (tertiary/aromatic N) is 4. The van der Waals surface area contributed by atoms with Gasteiger partial charge in [0.1, 0.15) is 0 Å². The van der Waals surface area contributed by atoms with Crippen LogP contribution < -0.4 is 4.90 Å². The normalized spacial score (nSPS) is 9.87. The van der Waals surface area contributed by atoms with Crippen LogP contribution in [0.15, 0.2) is 34.9 Å². The molecule has 0 atom stereocenters. The molecule has 0 saturated heterocycles. The molecule has 80 valence electrons. The number of hydrogen-bond acceptors (Lipinski definition) is 6. The molecule has 1 aromatic rings. The smallest absolute Gasteiger partial charge is 0.239 e. The van der Waals surface area contributed by atoms with Crippen LogP contribution in [0, 0.1) is 0 Å². The lowest BCUT2D eigenvalue weighted by Gasteiger charge is -2.22. The van der Waals surface area contributed by atoms with E-state index in [0.717, 1.165) is 11.4 Å². The Morgan fingerprint density at radius 1 is 1.00 bits per heavy atom. The van der Waals surface area contributed by atoms with Gasteiger partial charge in [0.15, 0.2) is 10.3 Å². The summed E-state index contributed by atoms with van der Waals surface area (Å²) in [4.78, 5) is 13.7. The van der Waals surface area contributed by atoms with Crippen molar-refractivity contribution < 1.29 is 0 Å². The van der Waals surface area contributed by atoms with Crippen molar-refractivity contribution in [1.82, 2.24) is 15.0 Å². The second kappa shape index (κ2) is 4.67. The Morgan fingerprint density at radius 2 is 1.40 bits per heavy atom. The minimum absolute atomic E-state index is 0.317. The second-order valence-electron chi connectivity index (χ2n) is 3.04. The van der Waals surface area contributed by atoms with Crippen LogP contribution in [0.4, 0.5) is 5.95 Å². The lowest BCUT2D eigenvalue weighted by atomic mass is 10.4. The third-order valence-electron chi connectivity index (χ3n) is 1.56. The fourth-order valence-corrected chi connectivity index (χ4v) is 1.56. The molecule has 0 aliphatic heterocycles. The molecule has 0 N–H and O–H groups in total. The molecule has 0 radical (unpaired) electrons. The first-order valence-electron chi connectivity index (χ1n) is 4.17. The van der Waals surface area contributed by atoms with Crippen molar-refractivity contribution in [2.45, 2.75) is 24.2 Å². The van der Waals surface area contributed by atoms with Crippen LogP contribution >= 0.6 is 25.3 Å². The topological polar surface area (TPSA) is 41.9 Å². The summed E-state index contributed by atoms with van der Waals surface area (Å²) in [6.45, 7) is 11.3. The van der Waals surface area contributed by atoms with E-state index in [1.54, 1.807) is 4.90 Å². The van der Waals surface area contributed by atoms with Crippen molar-refractivity contribution in [2.24, 2.45) is 0 Å². The number of hydrogen-bond donors (Lipinski definition) is 2. The van der Waals surface area contributed by atoms with Crippen LogP contribution in [-0.2, 0) is 0 Å². The summed E-state index contributed by atoms with van der Waals surface area (Å²) >= 11 is 8.12. The zero-order valence-corrected chi connectivity index (χ0v) is 10.4. The standard InChI is InChI=1S/C9H12N4S2/c1-5(2)13(6(3)4)7-10-8(14)12-9(15)11-7/h1,3H2,2,4H3,(H2,10,11,12,14,15). The van der Waals surface area contributed by atoms with Crippen LogP contribution in [0.1, 0.15) is 13.8 Å². The number of aromatic nitrogens is 3. The third-order valence-corrected chi connectivity index (χ3v) is 1.96. The predicted molar refractivity (Wildman–Crippen MR) is 66.4 cm³/mol. The summed E-state index contributed by atoms with van der Waals surface area (Å²) in [5.74, 6) is 0.431. The molecule has 15 heavy (non-hydrogen) atoms. The first kappa shape index (κ1) is 12.1. The fraction of sp³-hybridized carbons (Fsp3) is 0.222. The van der Waals surface area contributed by atoms with E-state index < -0.39 is 0 Å². The molecule has 0 fully saturated rings. The highest BCUT2D eigenvalue weighted by atomic mass is 32.1. The van der Waals surface area contributed by atoms with Gasteiger partial charge in [-0.15, -0.1) is 25.3 Å². The van der Waals surface area contributed by atoms with Gasteiger partial charge in [0.2, 0.25) is 5.95 Å². The molecule has 0 saturated carbocycles. The minimum atomic E-state index is 0.317. The van der Waals surface area contributed by atoms with Gasteiger partial charge in [-0.25, -0.2) is 0 Å². The zero-order chi connectivity index (χ0) is 11.6. The van der Waals surface area contributed by atoms with Crippen molar-refractivity contribution in [3.05, 3.63) is 24.6 Å². The number of rotatable bonds is 3.